The summed E-state index contributed by atoms with van der Waals surface area (Å²) in [5.41, 5.74) is 5.64. The molecular formula is C32H34ClNO4. The molecule has 2 atom stereocenters. The Morgan fingerprint density at radius 2 is 1.47 bits per heavy atom. The van der Waals surface area contributed by atoms with E-state index in [1.54, 1.807) is 13.0 Å². The number of hydrogen-bond acceptors (Lipinski definition) is 4. The van der Waals surface area contributed by atoms with Crippen molar-refractivity contribution >= 4 is 23.7 Å². The number of hydrogen-bond donors (Lipinski definition) is 1. The molecule has 3 aromatic carbocycles. The molecule has 5 nitrogen and oxygen atoms in total. The van der Waals surface area contributed by atoms with Crippen LogP contribution >= 0.6 is 11.6 Å². The van der Waals surface area contributed by atoms with Crippen molar-refractivity contribution in [2.45, 2.75) is 39.2 Å². The molecule has 0 aliphatic heterocycles. The number of ether oxygens (including phenoxy) is 2. The zero-order valence-corrected chi connectivity index (χ0v) is 22.8. The van der Waals surface area contributed by atoms with E-state index in [-0.39, 0.29) is 31.0 Å². The van der Waals surface area contributed by atoms with Crippen molar-refractivity contribution in [1.82, 2.24) is 5.32 Å². The maximum Gasteiger partial charge on any atom is 0.407 e. The van der Waals surface area contributed by atoms with Crippen LogP contribution in [0.3, 0.4) is 0 Å². The Morgan fingerprint density at radius 1 is 0.895 bits per heavy atom. The van der Waals surface area contributed by atoms with Gasteiger partial charge in [-0.3, -0.25) is 4.79 Å². The molecular weight excluding hydrogens is 498 g/mol. The van der Waals surface area contributed by atoms with Crippen LogP contribution in [-0.4, -0.2) is 31.3 Å². The van der Waals surface area contributed by atoms with Gasteiger partial charge in [0.05, 0.1) is 18.6 Å². The molecule has 0 unspecified atom stereocenters. The molecule has 38 heavy (non-hydrogen) atoms. The molecule has 0 radical (unpaired) electrons. The molecule has 0 aromatic heterocycles. The Kier molecular flexibility index (Phi) is 9.24. The van der Waals surface area contributed by atoms with Crippen molar-refractivity contribution in [1.29, 1.82) is 0 Å². The predicted octanol–water partition coefficient (Wildman–Crippen LogP) is 7.09. The first-order valence-electron chi connectivity index (χ1n) is 13.1. The molecule has 1 aliphatic carbocycles. The second-order valence-electron chi connectivity index (χ2n) is 9.79. The predicted molar refractivity (Wildman–Crippen MR) is 151 cm³/mol. The van der Waals surface area contributed by atoms with Crippen molar-refractivity contribution in [2.24, 2.45) is 11.8 Å². The summed E-state index contributed by atoms with van der Waals surface area (Å²) in [4.78, 5) is 25.7. The zero-order valence-electron chi connectivity index (χ0n) is 22.0. The summed E-state index contributed by atoms with van der Waals surface area (Å²) in [6.45, 7) is 6.19. The van der Waals surface area contributed by atoms with Gasteiger partial charge < -0.3 is 14.8 Å². The van der Waals surface area contributed by atoms with Gasteiger partial charge in [-0.1, -0.05) is 110 Å². The monoisotopic (exact) mass is 531 g/mol. The van der Waals surface area contributed by atoms with E-state index in [2.05, 4.69) is 29.6 Å². The number of carbonyl (C=O) groups excluding carboxylic acids is 2. The quantitative estimate of drug-likeness (QED) is 0.283. The van der Waals surface area contributed by atoms with Crippen LogP contribution in [0.5, 0.6) is 0 Å². The SMILES string of the molecule is CCOC(=O)[C@@H](/C=C(\Cl)[C@@H](NC(=O)OCC1c2ccccc2-c2ccccc21)C(C)C)Cc1ccccc1. The molecule has 0 bridgehead atoms. The van der Waals surface area contributed by atoms with Crippen molar-refractivity contribution < 1.29 is 19.1 Å². The Balaban J connectivity index is 1.46. The highest BCUT2D eigenvalue weighted by atomic mass is 35.5. The molecule has 1 amide bonds. The van der Waals surface area contributed by atoms with Crippen LogP contribution in [0.1, 0.15) is 43.4 Å². The molecule has 0 heterocycles. The maximum absolute atomic E-state index is 12.9. The number of alkyl carbamates (subject to hydrolysis) is 1. The summed E-state index contributed by atoms with van der Waals surface area (Å²) in [6, 6.07) is 25.6. The van der Waals surface area contributed by atoms with Crippen LogP contribution in [-0.2, 0) is 20.7 Å². The lowest BCUT2D eigenvalue weighted by Crippen LogP contribution is -2.40. The van der Waals surface area contributed by atoms with E-state index in [1.807, 2.05) is 68.4 Å². The highest BCUT2D eigenvalue weighted by Crippen LogP contribution is 2.44. The van der Waals surface area contributed by atoms with Crippen molar-refractivity contribution in [3.05, 3.63) is 107 Å². The second-order valence-corrected chi connectivity index (χ2v) is 10.2. The molecule has 1 N–H and O–H groups in total. The van der Waals surface area contributed by atoms with Gasteiger partial charge in [0, 0.05) is 11.0 Å². The molecule has 198 valence electrons. The summed E-state index contributed by atoms with van der Waals surface area (Å²) in [6.07, 6.45) is 1.60. The minimum atomic E-state index is -0.574. The van der Waals surface area contributed by atoms with E-state index in [0.29, 0.717) is 11.5 Å². The second kappa shape index (κ2) is 12.8. The van der Waals surface area contributed by atoms with E-state index in [9.17, 15) is 9.59 Å². The number of benzene rings is 3. The van der Waals surface area contributed by atoms with Crippen LogP contribution < -0.4 is 5.32 Å². The Hall–Kier alpha value is -3.57. The molecule has 0 saturated carbocycles. The smallest absolute Gasteiger partial charge is 0.407 e. The van der Waals surface area contributed by atoms with E-state index in [1.165, 1.54) is 11.1 Å². The van der Waals surface area contributed by atoms with Gasteiger partial charge in [-0.25, -0.2) is 4.79 Å². The molecule has 6 heteroatoms. The van der Waals surface area contributed by atoms with Crippen LogP contribution in [0.4, 0.5) is 4.79 Å². The van der Waals surface area contributed by atoms with Gasteiger partial charge >= 0.3 is 12.1 Å². The van der Waals surface area contributed by atoms with E-state index in [0.717, 1.165) is 16.7 Å². The highest BCUT2D eigenvalue weighted by Gasteiger charge is 2.30. The van der Waals surface area contributed by atoms with E-state index < -0.39 is 18.1 Å². The summed E-state index contributed by atoms with van der Waals surface area (Å²) >= 11 is 6.74. The van der Waals surface area contributed by atoms with E-state index >= 15 is 0 Å². The minimum absolute atomic E-state index is 0.0289. The first kappa shape index (κ1) is 27.5. The van der Waals surface area contributed by atoms with Gasteiger partial charge in [-0.05, 0) is 47.1 Å². The molecule has 1 aliphatic rings. The number of halogens is 1. The van der Waals surface area contributed by atoms with Gasteiger partial charge in [0.1, 0.15) is 6.61 Å². The zero-order chi connectivity index (χ0) is 27.1. The van der Waals surface area contributed by atoms with E-state index in [4.69, 9.17) is 21.1 Å². The lowest BCUT2D eigenvalue weighted by Gasteiger charge is -2.24. The van der Waals surface area contributed by atoms with Gasteiger partial charge in [0.25, 0.3) is 0 Å². The lowest BCUT2D eigenvalue weighted by atomic mass is 9.96. The first-order valence-corrected chi connectivity index (χ1v) is 13.5. The van der Waals surface area contributed by atoms with Crippen LogP contribution in [0.2, 0.25) is 0 Å². The number of fused-ring (bicyclic) bond motifs is 3. The van der Waals surface area contributed by atoms with Crippen LogP contribution in [0.25, 0.3) is 11.1 Å². The highest BCUT2D eigenvalue weighted by molar-refractivity contribution is 6.30. The molecule has 0 saturated heterocycles. The van der Waals surface area contributed by atoms with Crippen LogP contribution in [0, 0.1) is 11.8 Å². The maximum atomic E-state index is 12.9. The Labute approximate surface area is 229 Å². The topological polar surface area (TPSA) is 64.6 Å². The van der Waals surface area contributed by atoms with Gasteiger partial charge in [-0.2, -0.15) is 0 Å². The number of carbonyl (C=O) groups is 2. The number of nitrogens with one attached hydrogen (secondary N) is 1. The van der Waals surface area contributed by atoms with Gasteiger partial charge in [-0.15, -0.1) is 0 Å². The average Bonchev–Trinajstić information content (AvgIpc) is 3.24. The van der Waals surface area contributed by atoms with Gasteiger partial charge in [0.15, 0.2) is 0 Å². The summed E-state index contributed by atoms with van der Waals surface area (Å²) in [7, 11) is 0. The summed E-state index contributed by atoms with van der Waals surface area (Å²) in [5, 5.41) is 3.29. The third kappa shape index (κ3) is 6.46. The molecule has 0 spiro atoms. The standard InChI is InChI=1S/C32H34ClNO4/c1-4-37-31(35)23(18-22-12-6-5-7-13-22)19-29(33)30(21(2)3)34-32(36)38-20-28-26-16-10-8-14-24(26)25-15-9-11-17-27(25)28/h5-17,19,21,23,28,30H,4,18,20H2,1-3H3,(H,34,36)/b29-19-/t23-,30+/m1/s1. The Bertz CT molecular complexity index is 1240. The first-order chi connectivity index (χ1) is 18.4. The average molecular weight is 532 g/mol. The fourth-order valence-electron chi connectivity index (χ4n) is 4.94. The molecule has 0 fully saturated rings. The third-order valence-corrected chi connectivity index (χ3v) is 7.19. The summed E-state index contributed by atoms with van der Waals surface area (Å²) < 4.78 is 11.0. The minimum Gasteiger partial charge on any atom is -0.466 e. The number of rotatable bonds is 10. The normalized spacial score (nSPS) is 14.4. The Morgan fingerprint density at radius 3 is 2.05 bits per heavy atom. The fraction of sp³-hybridized carbons (Fsp3) is 0.312. The number of esters is 1. The fourth-order valence-corrected chi connectivity index (χ4v) is 5.40. The lowest BCUT2D eigenvalue weighted by molar-refractivity contribution is -0.146. The van der Waals surface area contributed by atoms with Crippen molar-refractivity contribution in [2.75, 3.05) is 13.2 Å². The molecule has 3 aromatic rings. The van der Waals surface area contributed by atoms with Crippen molar-refractivity contribution in [3.8, 4) is 11.1 Å². The molecule has 4 rings (SSSR count). The van der Waals surface area contributed by atoms with Crippen molar-refractivity contribution in [3.63, 3.8) is 0 Å². The van der Waals surface area contributed by atoms with Gasteiger partial charge in [0.2, 0.25) is 0 Å². The largest absolute Gasteiger partial charge is 0.466 e. The van der Waals surface area contributed by atoms with Crippen LogP contribution in [0.15, 0.2) is 90.0 Å². The third-order valence-electron chi connectivity index (χ3n) is 6.83. The summed E-state index contributed by atoms with van der Waals surface area (Å²) in [5.74, 6) is -0.983. The number of amides is 1.